The number of nitrogens with one attached hydrogen (secondary N) is 1. The summed E-state index contributed by atoms with van der Waals surface area (Å²) in [6.45, 7) is 2.12. The molecule has 3 rings (SSSR count). The summed E-state index contributed by atoms with van der Waals surface area (Å²) in [5, 5.41) is 4.28. The minimum atomic E-state index is -0.137. The number of fused-ring (bicyclic) bond motifs is 3. The highest BCUT2D eigenvalue weighted by atomic mass is 16.5. The summed E-state index contributed by atoms with van der Waals surface area (Å²) < 4.78 is 5.27. The number of amides is 1. The molecule has 0 saturated heterocycles. The molecule has 1 N–H and O–H groups in total. The Morgan fingerprint density at radius 2 is 2.28 bits per heavy atom. The Morgan fingerprint density at radius 1 is 1.44 bits per heavy atom. The molecular weight excluding hydrogens is 228 g/mol. The molecule has 0 fully saturated rings. The van der Waals surface area contributed by atoms with Gasteiger partial charge in [-0.05, 0) is 30.5 Å². The molecule has 18 heavy (non-hydrogen) atoms. The molecule has 1 unspecified atom stereocenters. The van der Waals surface area contributed by atoms with Crippen LogP contribution in [-0.4, -0.2) is 18.7 Å². The number of carbonyl (C=O) groups excluding carboxylic acids is 1. The highest BCUT2D eigenvalue weighted by Crippen LogP contribution is 2.40. The van der Waals surface area contributed by atoms with E-state index >= 15 is 0 Å². The molecule has 1 aliphatic carbocycles. The molecule has 94 valence electrons. The fourth-order valence-electron chi connectivity index (χ4n) is 2.85. The van der Waals surface area contributed by atoms with E-state index < -0.39 is 0 Å². The van der Waals surface area contributed by atoms with Crippen LogP contribution in [-0.2, 0) is 11.2 Å². The largest absolute Gasteiger partial charge is 0.497 e. The number of hydrogen-bond donors (Lipinski definition) is 1. The Balaban J connectivity index is 2.14. The SMILES string of the molecule is COc1ccc2c(c1)C1=NNC(=O)CC1(C)CC2. The van der Waals surface area contributed by atoms with Crippen LogP contribution in [0.25, 0.3) is 0 Å². The van der Waals surface area contributed by atoms with E-state index in [0.717, 1.165) is 29.9 Å². The second-order valence-corrected chi connectivity index (χ2v) is 5.26. The van der Waals surface area contributed by atoms with Gasteiger partial charge in [0.1, 0.15) is 5.75 Å². The van der Waals surface area contributed by atoms with Crippen molar-refractivity contribution in [3.63, 3.8) is 0 Å². The van der Waals surface area contributed by atoms with Gasteiger partial charge in [-0.1, -0.05) is 13.0 Å². The Morgan fingerprint density at radius 3 is 3.06 bits per heavy atom. The number of carbonyl (C=O) groups is 1. The predicted molar refractivity (Wildman–Crippen MR) is 68.7 cm³/mol. The molecule has 4 nitrogen and oxygen atoms in total. The summed E-state index contributed by atoms with van der Waals surface area (Å²) in [6.07, 6.45) is 2.48. The average molecular weight is 244 g/mol. The van der Waals surface area contributed by atoms with Gasteiger partial charge in [-0.2, -0.15) is 5.10 Å². The standard InChI is InChI=1S/C14H16N2O2/c1-14-6-5-9-3-4-10(18-2)7-11(9)13(14)16-15-12(17)8-14/h3-4,7H,5-6,8H2,1-2H3,(H,15,17). The van der Waals surface area contributed by atoms with Crippen LogP contribution >= 0.6 is 0 Å². The summed E-state index contributed by atoms with van der Waals surface area (Å²) in [6, 6.07) is 6.08. The van der Waals surface area contributed by atoms with Crippen molar-refractivity contribution in [2.75, 3.05) is 7.11 Å². The van der Waals surface area contributed by atoms with E-state index in [2.05, 4.69) is 23.5 Å². The van der Waals surface area contributed by atoms with E-state index in [1.54, 1.807) is 7.11 Å². The lowest BCUT2D eigenvalue weighted by molar-refractivity contribution is -0.123. The van der Waals surface area contributed by atoms with E-state index in [1.165, 1.54) is 5.56 Å². The maximum absolute atomic E-state index is 11.5. The number of nitrogens with zero attached hydrogens (tertiary/aromatic N) is 1. The van der Waals surface area contributed by atoms with Gasteiger partial charge in [-0.3, -0.25) is 4.79 Å². The lowest BCUT2D eigenvalue weighted by Gasteiger charge is -2.38. The van der Waals surface area contributed by atoms with E-state index in [9.17, 15) is 4.79 Å². The van der Waals surface area contributed by atoms with Crippen molar-refractivity contribution in [3.8, 4) is 5.75 Å². The molecule has 0 aromatic heterocycles. The van der Waals surface area contributed by atoms with Crippen molar-refractivity contribution in [2.45, 2.75) is 26.2 Å². The van der Waals surface area contributed by atoms with Crippen LogP contribution in [0.2, 0.25) is 0 Å². The van der Waals surface area contributed by atoms with Gasteiger partial charge in [-0.25, -0.2) is 5.43 Å². The van der Waals surface area contributed by atoms with Gasteiger partial charge < -0.3 is 4.74 Å². The first kappa shape index (κ1) is 11.3. The first-order valence-corrected chi connectivity index (χ1v) is 6.17. The molecule has 1 amide bonds. The molecule has 0 radical (unpaired) electrons. The lowest BCUT2D eigenvalue weighted by Crippen LogP contribution is -2.43. The van der Waals surface area contributed by atoms with Crippen LogP contribution in [0, 0.1) is 5.41 Å². The second-order valence-electron chi connectivity index (χ2n) is 5.26. The zero-order valence-corrected chi connectivity index (χ0v) is 10.6. The smallest absolute Gasteiger partial charge is 0.241 e. The monoisotopic (exact) mass is 244 g/mol. The minimum absolute atomic E-state index is 0.00703. The van der Waals surface area contributed by atoms with E-state index in [4.69, 9.17) is 4.74 Å². The van der Waals surface area contributed by atoms with E-state index in [0.29, 0.717) is 6.42 Å². The van der Waals surface area contributed by atoms with Crippen LogP contribution < -0.4 is 10.2 Å². The average Bonchev–Trinajstić information content (AvgIpc) is 2.36. The maximum Gasteiger partial charge on any atom is 0.241 e. The summed E-state index contributed by atoms with van der Waals surface area (Å²) in [4.78, 5) is 11.5. The van der Waals surface area contributed by atoms with Gasteiger partial charge in [-0.15, -0.1) is 0 Å². The third-order valence-corrected chi connectivity index (χ3v) is 3.93. The summed E-state index contributed by atoms with van der Waals surface area (Å²) in [7, 11) is 1.66. The van der Waals surface area contributed by atoms with Crippen LogP contribution in [0.4, 0.5) is 0 Å². The van der Waals surface area contributed by atoms with Crippen LogP contribution in [0.5, 0.6) is 5.75 Å². The molecule has 1 atom stereocenters. The van der Waals surface area contributed by atoms with Gasteiger partial charge in [0.15, 0.2) is 0 Å². The van der Waals surface area contributed by atoms with Crippen LogP contribution in [0.3, 0.4) is 0 Å². The number of hydrogen-bond acceptors (Lipinski definition) is 3. The fraction of sp³-hybridized carbons (Fsp3) is 0.429. The zero-order chi connectivity index (χ0) is 12.8. The van der Waals surface area contributed by atoms with Crippen molar-refractivity contribution in [1.29, 1.82) is 0 Å². The van der Waals surface area contributed by atoms with Gasteiger partial charge in [0.25, 0.3) is 0 Å². The van der Waals surface area contributed by atoms with Gasteiger partial charge in [0.2, 0.25) is 5.91 Å². The molecule has 1 heterocycles. The third kappa shape index (κ3) is 1.60. The summed E-state index contributed by atoms with van der Waals surface area (Å²) in [5.74, 6) is 0.838. The van der Waals surface area contributed by atoms with Gasteiger partial charge >= 0.3 is 0 Å². The Kier molecular flexibility index (Phi) is 2.40. The molecule has 0 saturated carbocycles. The topological polar surface area (TPSA) is 50.7 Å². The number of methoxy groups -OCH3 is 1. The molecule has 2 aliphatic rings. The number of ether oxygens (including phenoxy) is 1. The normalized spacial score (nSPS) is 25.7. The number of rotatable bonds is 1. The number of benzene rings is 1. The maximum atomic E-state index is 11.5. The first-order chi connectivity index (χ1) is 8.62. The van der Waals surface area contributed by atoms with E-state index in [-0.39, 0.29) is 11.3 Å². The molecule has 1 aromatic carbocycles. The van der Waals surface area contributed by atoms with Crippen LogP contribution in [0.15, 0.2) is 23.3 Å². The van der Waals surface area contributed by atoms with Crippen molar-refractivity contribution in [3.05, 3.63) is 29.3 Å². The second kappa shape index (κ2) is 3.83. The first-order valence-electron chi connectivity index (χ1n) is 6.17. The Bertz CT molecular complexity index is 551. The molecule has 0 spiro atoms. The van der Waals surface area contributed by atoms with Crippen LogP contribution in [0.1, 0.15) is 30.9 Å². The predicted octanol–water partition coefficient (Wildman–Crippen LogP) is 1.87. The van der Waals surface area contributed by atoms with Gasteiger partial charge in [0, 0.05) is 17.4 Å². The zero-order valence-electron chi connectivity index (χ0n) is 10.6. The molecule has 1 aromatic rings. The molecule has 1 aliphatic heterocycles. The Labute approximate surface area is 106 Å². The summed E-state index contributed by atoms with van der Waals surface area (Å²) in [5.41, 5.74) is 5.84. The van der Waals surface area contributed by atoms with Crippen molar-refractivity contribution >= 4 is 11.6 Å². The van der Waals surface area contributed by atoms with Gasteiger partial charge in [0.05, 0.1) is 12.8 Å². The summed E-state index contributed by atoms with van der Waals surface area (Å²) >= 11 is 0. The quantitative estimate of drug-likeness (QED) is 0.820. The highest BCUT2D eigenvalue weighted by Gasteiger charge is 2.40. The minimum Gasteiger partial charge on any atom is -0.497 e. The fourth-order valence-corrected chi connectivity index (χ4v) is 2.85. The third-order valence-electron chi connectivity index (χ3n) is 3.93. The van der Waals surface area contributed by atoms with Crippen molar-refractivity contribution in [2.24, 2.45) is 10.5 Å². The lowest BCUT2D eigenvalue weighted by atomic mass is 9.68. The van der Waals surface area contributed by atoms with E-state index in [1.807, 2.05) is 12.1 Å². The Hall–Kier alpha value is -1.84. The van der Waals surface area contributed by atoms with Crippen molar-refractivity contribution in [1.82, 2.24) is 5.43 Å². The highest BCUT2D eigenvalue weighted by molar-refractivity contribution is 6.10. The molecular formula is C14H16N2O2. The molecule has 4 heteroatoms. The van der Waals surface area contributed by atoms with Crippen molar-refractivity contribution < 1.29 is 9.53 Å². The molecule has 0 bridgehead atoms. The number of hydrazone groups is 1. The number of aryl methyl sites for hydroxylation is 1.